The van der Waals surface area contributed by atoms with Gasteiger partial charge in [0.25, 0.3) is 0 Å². The minimum atomic E-state index is -0.0847. The largest absolute Gasteiger partial charge is 0.494 e. The summed E-state index contributed by atoms with van der Waals surface area (Å²) in [5.74, 6) is 1.43. The Morgan fingerprint density at radius 2 is 2.08 bits per heavy atom. The number of anilines is 1. The monoisotopic (exact) mass is 352 g/mol. The van der Waals surface area contributed by atoms with Gasteiger partial charge >= 0.3 is 0 Å². The number of carbonyl (C=O) groups excluding carboxylic acids is 1. The maximum Gasteiger partial charge on any atom is 0.226 e. The molecule has 0 spiro atoms. The Kier molecular flexibility index (Phi) is 4.07. The van der Waals surface area contributed by atoms with Gasteiger partial charge in [-0.15, -0.1) is 0 Å². The fourth-order valence-corrected chi connectivity index (χ4v) is 3.58. The number of imidazole rings is 1. The molecule has 0 radical (unpaired) electrons. The van der Waals surface area contributed by atoms with Gasteiger partial charge in [-0.3, -0.25) is 4.79 Å². The Bertz CT molecular complexity index is 1020. The molecule has 2 heterocycles. The van der Waals surface area contributed by atoms with E-state index in [0.717, 1.165) is 27.1 Å². The van der Waals surface area contributed by atoms with Crippen molar-refractivity contribution in [3.05, 3.63) is 48.3 Å². The van der Waals surface area contributed by atoms with E-state index in [1.54, 1.807) is 7.11 Å². The van der Waals surface area contributed by atoms with Crippen LogP contribution in [0.4, 0.5) is 5.13 Å². The fourth-order valence-electron chi connectivity index (χ4n) is 2.68. The molecule has 0 atom stereocenters. The van der Waals surface area contributed by atoms with Crippen LogP contribution in [0.15, 0.2) is 42.5 Å². The first kappa shape index (κ1) is 15.6. The number of thiazole rings is 1. The number of aromatic nitrogens is 3. The predicted octanol–water partition coefficient (Wildman–Crippen LogP) is 3.75. The Hall–Kier alpha value is -2.93. The Balaban J connectivity index is 1.43. The van der Waals surface area contributed by atoms with E-state index >= 15 is 0 Å². The number of carbonyl (C=O) groups is 1. The van der Waals surface area contributed by atoms with Gasteiger partial charge in [0.05, 0.1) is 22.8 Å². The molecular weight excluding hydrogens is 336 g/mol. The number of aromatic amines is 1. The molecule has 2 N–H and O–H groups in total. The van der Waals surface area contributed by atoms with Gasteiger partial charge in [-0.2, -0.15) is 0 Å². The van der Waals surface area contributed by atoms with E-state index in [1.165, 1.54) is 11.3 Å². The van der Waals surface area contributed by atoms with Crippen LogP contribution in [0.1, 0.15) is 12.2 Å². The lowest BCUT2D eigenvalue weighted by Gasteiger charge is -2.00. The number of H-pyrrole nitrogens is 1. The Labute approximate surface area is 147 Å². The molecule has 0 saturated carbocycles. The number of hydrogen-bond acceptors (Lipinski definition) is 5. The third kappa shape index (κ3) is 3.18. The van der Waals surface area contributed by atoms with Crippen molar-refractivity contribution in [2.24, 2.45) is 0 Å². The molecule has 2 aromatic carbocycles. The molecule has 126 valence electrons. The van der Waals surface area contributed by atoms with E-state index in [0.29, 0.717) is 23.7 Å². The van der Waals surface area contributed by atoms with Crippen molar-refractivity contribution in [3.63, 3.8) is 0 Å². The third-order valence-electron chi connectivity index (χ3n) is 3.88. The summed E-state index contributed by atoms with van der Waals surface area (Å²) >= 11 is 1.43. The minimum absolute atomic E-state index is 0.0847. The SMILES string of the molecule is COc1cccc2sc(NC(=O)CCc3nc4ccccc4[nH]3)nc12. The summed E-state index contributed by atoms with van der Waals surface area (Å²) in [6.45, 7) is 0. The molecule has 4 aromatic rings. The highest BCUT2D eigenvalue weighted by Crippen LogP contribution is 2.32. The van der Waals surface area contributed by atoms with Crippen molar-refractivity contribution in [1.82, 2.24) is 15.0 Å². The number of amides is 1. The summed E-state index contributed by atoms with van der Waals surface area (Å²) in [5, 5.41) is 3.44. The first-order valence-corrected chi connectivity index (χ1v) is 8.71. The van der Waals surface area contributed by atoms with Gasteiger partial charge < -0.3 is 15.0 Å². The van der Waals surface area contributed by atoms with Crippen LogP contribution in [0.5, 0.6) is 5.75 Å². The topological polar surface area (TPSA) is 79.9 Å². The van der Waals surface area contributed by atoms with Crippen molar-refractivity contribution < 1.29 is 9.53 Å². The molecule has 0 unspecified atom stereocenters. The smallest absolute Gasteiger partial charge is 0.226 e. The summed E-state index contributed by atoms with van der Waals surface area (Å²) in [4.78, 5) is 24.4. The first-order valence-electron chi connectivity index (χ1n) is 7.90. The van der Waals surface area contributed by atoms with Crippen LogP contribution in [0, 0.1) is 0 Å². The van der Waals surface area contributed by atoms with Crippen LogP contribution in [0.2, 0.25) is 0 Å². The highest BCUT2D eigenvalue weighted by atomic mass is 32.1. The molecule has 0 aliphatic heterocycles. The zero-order valence-corrected chi connectivity index (χ0v) is 14.4. The van der Waals surface area contributed by atoms with Gasteiger partial charge in [-0.05, 0) is 24.3 Å². The van der Waals surface area contributed by atoms with Crippen LogP contribution in [0.25, 0.3) is 21.3 Å². The minimum Gasteiger partial charge on any atom is -0.494 e. The van der Waals surface area contributed by atoms with Crippen LogP contribution in [0.3, 0.4) is 0 Å². The number of hydrogen-bond donors (Lipinski definition) is 2. The molecule has 1 amide bonds. The van der Waals surface area contributed by atoms with Crippen LogP contribution in [-0.4, -0.2) is 28.0 Å². The van der Waals surface area contributed by atoms with Crippen molar-refractivity contribution in [2.75, 3.05) is 12.4 Å². The van der Waals surface area contributed by atoms with Crippen LogP contribution in [-0.2, 0) is 11.2 Å². The second kappa shape index (κ2) is 6.52. The highest BCUT2D eigenvalue weighted by Gasteiger charge is 2.12. The van der Waals surface area contributed by atoms with Gasteiger partial charge in [-0.25, -0.2) is 9.97 Å². The van der Waals surface area contributed by atoms with Gasteiger partial charge in [0.2, 0.25) is 5.91 Å². The fraction of sp³-hybridized carbons (Fsp3) is 0.167. The molecule has 2 aromatic heterocycles. The Morgan fingerprint density at radius 3 is 2.92 bits per heavy atom. The number of fused-ring (bicyclic) bond motifs is 2. The maximum absolute atomic E-state index is 12.2. The van der Waals surface area contributed by atoms with Crippen LogP contribution >= 0.6 is 11.3 Å². The molecule has 6 nitrogen and oxygen atoms in total. The van der Waals surface area contributed by atoms with Gasteiger partial charge in [-0.1, -0.05) is 29.5 Å². The molecule has 25 heavy (non-hydrogen) atoms. The predicted molar refractivity (Wildman–Crippen MR) is 99.2 cm³/mol. The molecule has 0 aliphatic carbocycles. The summed E-state index contributed by atoms with van der Waals surface area (Å²) in [6, 6.07) is 13.5. The van der Waals surface area contributed by atoms with E-state index in [4.69, 9.17) is 4.74 Å². The highest BCUT2D eigenvalue weighted by molar-refractivity contribution is 7.22. The number of nitrogens with zero attached hydrogens (tertiary/aromatic N) is 2. The molecule has 0 bridgehead atoms. The van der Waals surface area contributed by atoms with E-state index in [1.807, 2.05) is 42.5 Å². The standard InChI is InChI=1S/C18H16N4O2S/c1-24-13-7-4-8-14-17(13)22-18(25-14)21-16(23)10-9-15-19-11-5-2-3-6-12(11)20-15/h2-8H,9-10H2,1H3,(H,19,20)(H,21,22,23). The lowest BCUT2D eigenvalue weighted by molar-refractivity contribution is -0.116. The molecule has 0 saturated heterocycles. The molecule has 0 fully saturated rings. The molecular formula is C18H16N4O2S. The molecule has 4 rings (SSSR count). The van der Waals surface area contributed by atoms with E-state index in [2.05, 4.69) is 20.3 Å². The second-order valence-corrected chi connectivity index (χ2v) is 6.61. The summed E-state index contributed by atoms with van der Waals surface area (Å²) < 4.78 is 6.28. The van der Waals surface area contributed by atoms with E-state index in [-0.39, 0.29) is 5.91 Å². The number of aryl methyl sites for hydroxylation is 1. The molecule has 7 heteroatoms. The number of rotatable bonds is 5. The number of methoxy groups -OCH3 is 1. The zero-order chi connectivity index (χ0) is 17.2. The number of nitrogens with one attached hydrogen (secondary N) is 2. The van der Waals surface area contributed by atoms with Gasteiger partial charge in [0.1, 0.15) is 17.1 Å². The molecule has 0 aliphatic rings. The number of para-hydroxylation sites is 3. The summed E-state index contributed by atoms with van der Waals surface area (Å²) in [6.07, 6.45) is 0.890. The lowest BCUT2D eigenvalue weighted by Crippen LogP contribution is -2.12. The zero-order valence-electron chi connectivity index (χ0n) is 13.6. The van der Waals surface area contributed by atoms with Crippen molar-refractivity contribution in [3.8, 4) is 5.75 Å². The van der Waals surface area contributed by atoms with Gasteiger partial charge in [0.15, 0.2) is 5.13 Å². The number of ether oxygens (including phenoxy) is 1. The van der Waals surface area contributed by atoms with E-state index in [9.17, 15) is 4.79 Å². The quantitative estimate of drug-likeness (QED) is 0.573. The lowest BCUT2D eigenvalue weighted by atomic mass is 10.3. The van der Waals surface area contributed by atoms with Crippen molar-refractivity contribution in [1.29, 1.82) is 0 Å². The van der Waals surface area contributed by atoms with Gasteiger partial charge in [0, 0.05) is 12.8 Å². The Morgan fingerprint density at radius 1 is 1.20 bits per heavy atom. The average molecular weight is 352 g/mol. The summed E-state index contributed by atoms with van der Waals surface area (Å²) in [5.41, 5.74) is 2.66. The first-order chi connectivity index (χ1) is 12.2. The maximum atomic E-state index is 12.2. The van der Waals surface area contributed by atoms with Crippen LogP contribution < -0.4 is 10.1 Å². The normalized spacial score (nSPS) is 11.1. The average Bonchev–Trinajstić information content (AvgIpc) is 3.22. The second-order valence-electron chi connectivity index (χ2n) is 5.57. The van der Waals surface area contributed by atoms with E-state index < -0.39 is 0 Å². The number of benzene rings is 2. The van der Waals surface area contributed by atoms with Crippen molar-refractivity contribution >= 4 is 43.6 Å². The summed E-state index contributed by atoms with van der Waals surface area (Å²) in [7, 11) is 1.61. The third-order valence-corrected chi connectivity index (χ3v) is 4.81. The van der Waals surface area contributed by atoms with Crippen molar-refractivity contribution in [2.45, 2.75) is 12.8 Å².